The SMILES string of the molecule is [C-]#[N+]c1ncc2c3ncc(-c4c(C)ncn4C)cc3n([C@H](c3ccccc3)C3CCOCC3)c2n1. The molecule has 6 rings (SSSR count). The number of benzene rings is 1. The van der Waals surface area contributed by atoms with Crippen LogP contribution in [0.4, 0.5) is 5.95 Å². The van der Waals surface area contributed by atoms with Gasteiger partial charge in [-0.15, -0.1) is 11.6 Å². The molecule has 0 radical (unpaired) electrons. The van der Waals surface area contributed by atoms with Gasteiger partial charge in [0.1, 0.15) is 5.52 Å². The molecule has 0 aliphatic carbocycles. The van der Waals surface area contributed by atoms with E-state index in [2.05, 4.69) is 49.7 Å². The molecule has 1 atom stereocenters. The molecule has 35 heavy (non-hydrogen) atoms. The van der Waals surface area contributed by atoms with Crippen LogP contribution in [0.5, 0.6) is 0 Å². The number of ether oxygens (including phenoxy) is 1. The van der Waals surface area contributed by atoms with Gasteiger partial charge in [-0.25, -0.2) is 4.98 Å². The van der Waals surface area contributed by atoms with Gasteiger partial charge in [0.05, 0.1) is 40.9 Å². The number of aromatic nitrogens is 6. The van der Waals surface area contributed by atoms with Crippen LogP contribution in [0.3, 0.4) is 0 Å². The molecule has 1 aliphatic heterocycles. The first kappa shape index (κ1) is 21.4. The fourth-order valence-corrected chi connectivity index (χ4v) is 5.41. The molecule has 0 N–H and O–H groups in total. The molecule has 1 fully saturated rings. The van der Waals surface area contributed by atoms with E-state index in [9.17, 15) is 0 Å². The third-order valence-electron chi connectivity index (χ3n) is 6.99. The summed E-state index contributed by atoms with van der Waals surface area (Å²) in [7, 11) is 2.00. The van der Waals surface area contributed by atoms with Gasteiger partial charge < -0.3 is 18.7 Å². The molecule has 0 bridgehead atoms. The minimum atomic E-state index is 0.0262. The Morgan fingerprint density at radius 1 is 1.09 bits per heavy atom. The average molecular weight is 464 g/mol. The molecule has 5 heterocycles. The lowest BCUT2D eigenvalue weighted by Crippen LogP contribution is -2.27. The van der Waals surface area contributed by atoms with Crippen LogP contribution >= 0.6 is 0 Å². The Labute approximate surface area is 203 Å². The lowest BCUT2D eigenvalue weighted by Gasteiger charge is -2.32. The Bertz CT molecular complexity index is 1550. The normalized spacial score (nSPS) is 15.5. The zero-order chi connectivity index (χ0) is 23.9. The van der Waals surface area contributed by atoms with E-state index in [1.54, 1.807) is 6.20 Å². The number of aryl methyl sites for hydroxylation is 2. The summed E-state index contributed by atoms with van der Waals surface area (Å²) in [4.78, 5) is 21.9. The van der Waals surface area contributed by atoms with Gasteiger partial charge in [0.25, 0.3) is 0 Å². The minimum absolute atomic E-state index is 0.0262. The van der Waals surface area contributed by atoms with E-state index < -0.39 is 0 Å². The molecular formula is C27H25N7O. The monoisotopic (exact) mass is 463 g/mol. The van der Waals surface area contributed by atoms with Crippen LogP contribution in [0.15, 0.2) is 55.1 Å². The van der Waals surface area contributed by atoms with Gasteiger partial charge in [-0.1, -0.05) is 30.3 Å². The van der Waals surface area contributed by atoms with Crippen molar-refractivity contribution in [3.63, 3.8) is 0 Å². The lowest BCUT2D eigenvalue weighted by molar-refractivity contribution is 0.0552. The van der Waals surface area contributed by atoms with Gasteiger partial charge in [-0.2, -0.15) is 4.98 Å². The molecule has 0 amide bonds. The Morgan fingerprint density at radius 3 is 2.60 bits per heavy atom. The quantitative estimate of drug-likeness (QED) is 0.340. The van der Waals surface area contributed by atoms with Crippen molar-refractivity contribution in [3.8, 4) is 11.3 Å². The molecule has 8 heteroatoms. The van der Waals surface area contributed by atoms with E-state index in [1.165, 1.54) is 5.56 Å². The Hall–Kier alpha value is -4.09. The number of hydrogen-bond donors (Lipinski definition) is 0. The predicted octanol–water partition coefficient (Wildman–Crippen LogP) is 5.26. The summed E-state index contributed by atoms with van der Waals surface area (Å²) in [5.74, 6) is 0.501. The van der Waals surface area contributed by atoms with E-state index in [-0.39, 0.29) is 12.0 Å². The molecule has 4 aromatic heterocycles. The highest BCUT2D eigenvalue weighted by Crippen LogP contribution is 2.40. The van der Waals surface area contributed by atoms with Crippen LogP contribution < -0.4 is 0 Å². The summed E-state index contributed by atoms with van der Waals surface area (Å²) in [6.07, 6.45) is 7.37. The minimum Gasteiger partial charge on any atom is -0.394 e. The number of pyridine rings is 1. The highest BCUT2D eigenvalue weighted by molar-refractivity contribution is 6.05. The fourth-order valence-electron chi connectivity index (χ4n) is 5.41. The summed E-state index contributed by atoms with van der Waals surface area (Å²) in [5, 5.41) is 0.855. The fraction of sp³-hybridized carbons (Fsp3) is 0.296. The molecule has 0 saturated carbocycles. The van der Waals surface area contributed by atoms with Gasteiger partial charge in [0, 0.05) is 32.0 Å². The van der Waals surface area contributed by atoms with Crippen LogP contribution in [0.1, 0.15) is 30.1 Å². The summed E-state index contributed by atoms with van der Waals surface area (Å²) >= 11 is 0. The van der Waals surface area contributed by atoms with Crippen LogP contribution in [-0.4, -0.2) is 42.3 Å². The van der Waals surface area contributed by atoms with Crippen molar-refractivity contribution < 1.29 is 4.74 Å². The molecule has 0 spiro atoms. The highest BCUT2D eigenvalue weighted by atomic mass is 16.5. The zero-order valence-electron chi connectivity index (χ0n) is 19.7. The van der Waals surface area contributed by atoms with E-state index in [1.807, 2.05) is 37.1 Å². The summed E-state index contributed by atoms with van der Waals surface area (Å²) < 4.78 is 10.0. The van der Waals surface area contributed by atoms with E-state index >= 15 is 0 Å². The maximum absolute atomic E-state index is 7.52. The number of fused-ring (bicyclic) bond motifs is 3. The second-order valence-corrected chi connectivity index (χ2v) is 9.08. The Morgan fingerprint density at radius 2 is 1.89 bits per heavy atom. The second kappa shape index (κ2) is 8.60. The lowest BCUT2D eigenvalue weighted by atomic mass is 9.86. The topological polar surface area (TPSA) is 75.0 Å². The van der Waals surface area contributed by atoms with Gasteiger partial charge in [0.2, 0.25) is 5.65 Å². The number of imidazole rings is 1. The molecule has 0 unspecified atom stereocenters. The standard InChI is InChI=1S/C27H25N7O/c1-17-24(33(3)16-31-17)20-13-22-23(29-14-20)21-15-30-27(28-2)32-26(21)34(22)25(18-7-5-4-6-8-18)19-9-11-35-12-10-19/h4-8,13-16,19,25H,9-12H2,1,3H3/t25-/m1/s1. The largest absolute Gasteiger partial charge is 0.394 e. The third kappa shape index (κ3) is 3.56. The molecule has 1 saturated heterocycles. The summed E-state index contributed by atoms with van der Waals surface area (Å²) in [6.45, 7) is 11.0. The van der Waals surface area contributed by atoms with E-state index in [4.69, 9.17) is 21.3 Å². The first-order chi connectivity index (χ1) is 17.2. The van der Waals surface area contributed by atoms with Crippen molar-refractivity contribution in [1.29, 1.82) is 0 Å². The summed E-state index contributed by atoms with van der Waals surface area (Å²) in [6, 6.07) is 12.8. The summed E-state index contributed by atoms with van der Waals surface area (Å²) in [5.41, 5.74) is 6.76. The van der Waals surface area contributed by atoms with Crippen LogP contribution in [0.25, 0.3) is 38.2 Å². The van der Waals surface area contributed by atoms with E-state index in [0.29, 0.717) is 5.92 Å². The molecule has 5 aromatic rings. The van der Waals surface area contributed by atoms with Crippen LogP contribution in [0, 0.1) is 19.4 Å². The van der Waals surface area contributed by atoms with Crippen molar-refractivity contribution in [2.24, 2.45) is 13.0 Å². The Kier molecular flexibility index (Phi) is 5.27. The van der Waals surface area contributed by atoms with Crippen LogP contribution in [0.2, 0.25) is 0 Å². The average Bonchev–Trinajstić information content (AvgIpc) is 3.41. The van der Waals surface area contributed by atoms with Crippen molar-refractivity contribution in [3.05, 3.63) is 77.8 Å². The number of hydrogen-bond acceptors (Lipinski definition) is 5. The molecule has 1 aliphatic rings. The van der Waals surface area contributed by atoms with Crippen LogP contribution in [-0.2, 0) is 11.8 Å². The van der Waals surface area contributed by atoms with Crippen molar-refractivity contribution in [1.82, 2.24) is 29.1 Å². The van der Waals surface area contributed by atoms with Gasteiger partial charge >= 0.3 is 5.95 Å². The van der Waals surface area contributed by atoms with Crippen molar-refractivity contribution >= 4 is 28.0 Å². The van der Waals surface area contributed by atoms with Gasteiger partial charge in [0.15, 0.2) is 0 Å². The second-order valence-electron chi connectivity index (χ2n) is 9.08. The predicted molar refractivity (Wildman–Crippen MR) is 134 cm³/mol. The number of rotatable bonds is 4. The third-order valence-corrected chi connectivity index (χ3v) is 6.99. The maximum Gasteiger partial charge on any atom is 0.373 e. The molecular weight excluding hydrogens is 438 g/mol. The Balaban J connectivity index is 1.69. The molecule has 1 aromatic carbocycles. The maximum atomic E-state index is 7.52. The zero-order valence-corrected chi connectivity index (χ0v) is 19.7. The van der Waals surface area contributed by atoms with Gasteiger partial charge in [-0.3, -0.25) is 4.98 Å². The molecule has 174 valence electrons. The highest BCUT2D eigenvalue weighted by Gasteiger charge is 2.32. The van der Waals surface area contributed by atoms with E-state index in [0.717, 1.165) is 65.1 Å². The number of nitrogens with zero attached hydrogens (tertiary/aromatic N) is 7. The van der Waals surface area contributed by atoms with Crippen molar-refractivity contribution in [2.45, 2.75) is 25.8 Å². The smallest absolute Gasteiger partial charge is 0.373 e. The molecule has 8 nitrogen and oxygen atoms in total. The van der Waals surface area contributed by atoms with Crippen molar-refractivity contribution in [2.75, 3.05) is 13.2 Å². The first-order valence-electron chi connectivity index (χ1n) is 11.8. The first-order valence-corrected chi connectivity index (χ1v) is 11.8. The van der Waals surface area contributed by atoms with Gasteiger partial charge in [-0.05, 0) is 37.3 Å².